The van der Waals surface area contributed by atoms with Crippen molar-refractivity contribution < 1.29 is 13.5 Å². The Morgan fingerprint density at radius 3 is 1.92 bits per heavy atom. The van der Waals surface area contributed by atoms with Gasteiger partial charge in [0.1, 0.15) is 6.17 Å². The minimum atomic E-state index is -1.53. The van der Waals surface area contributed by atoms with Gasteiger partial charge >= 0.3 is 0 Å². The van der Waals surface area contributed by atoms with E-state index in [1.807, 2.05) is 0 Å². The van der Waals surface area contributed by atoms with Crippen LogP contribution in [-0.2, 0) is 4.74 Å². The highest BCUT2D eigenvalue weighted by atomic mass is 19.2. The van der Waals surface area contributed by atoms with E-state index in [1.54, 1.807) is 0 Å². The average Bonchev–Trinajstić information content (AvgIpc) is 2.64. The van der Waals surface area contributed by atoms with Crippen molar-refractivity contribution in [1.29, 1.82) is 0 Å². The Labute approximate surface area is 152 Å². The van der Waals surface area contributed by atoms with Crippen LogP contribution in [-0.4, -0.2) is 25.6 Å². The summed E-state index contributed by atoms with van der Waals surface area (Å²) in [5.41, 5.74) is 0. The van der Waals surface area contributed by atoms with Crippen molar-refractivity contribution in [2.45, 2.75) is 89.6 Å². The zero-order chi connectivity index (χ0) is 17.8. The van der Waals surface area contributed by atoms with E-state index < -0.39 is 24.4 Å². The fourth-order valence-corrected chi connectivity index (χ4v) is 5.21. The summed E-state index contributed by atoms with van der Waals surface area (Å²) in [4.78, 5) is 0. The molecule has 3 aliphatic rings. The number of ether oxygens (including phenoxy) is 1. The molecule has 1 nitrogen and oxygen atoms in total. The molecule has 3 aliphatic carbocycles. The predicted molar refractivity (Wildman–Crippen MR) is 97.7 cm³/mol. The van der Waals surface area contributed by atoms with E-state index in [4.69, 9.17) is 4.74 Å². The predicted octanol–water partition coefficient (Wildman–Crippen LogP) is 5.72. The van der Waals surface area contributed by atoms with Crippen LogP contribution in [0.3, 0.4) is 0 Å². The molecule has 0 spiro atoms. The first-order chi connectivity index (χ1) is 12.1. The van der Waals surface area contributed by atoms with Crippen LogP contribution in [0.5, 0.6) is 0 Å². The van der Waals surface area contributed by atoms with Gasteiger partial charge in [-0.05, 0) is 69.1 Å². The maximum atomic E-state index is 14.2. The fourth-order valence-electron chi connectivity index (χ4n) is 5.21. The van der Waals surface area contributed by atoms with Gasteiger partial charge in [0.05, 0.1) is 12.0 Å². The first kappa shape index (κ1) is 19.2. The van der Waals surface area contributed by atoms with E-state index >= 15 is 0 Å². The molecule has 3 rings (SSSR count). The molecule has 25 heavy (non-hydrogen) atoms. The van der Waals surface area contributed by atoms with Gasteiger partial charge in [0.15, 0.2) is 6.17 Å². The maximum Gasteiger partial charge on any atom is 0.158 e. The van der Waals surface area contributed by atoms with E-state index in [9.17, 15) is 8.78 Å². The lowest BCUT2D eigenvalue weighted by molar-refractivity contribution is -0.0454. The zero-order valence-electron chi connectivity index (χ0n) is 15.9. The minimum Gasteiger partial charge on any atom is -0.378 e. The van der Waals surface area contributed by atoms with Crippen LogP contribution < -0.4 is 0 Å². The molecule has 3 fully saturated rings. The van der Waals surface area contributed by atoms with E-state index in [2.05, 4.69) is 18.8 Å². The van der Waals surface area contributed by atoms with Gasteiger partial charge in [-0.2, -0.15) is 0 Å². The molecule has 0 bridgehead atoms. The van der Waals surface area contributed by atoms with Gasteiger partial charge in [-0.3, -0.25) is 0 Å². The Bertz CT molecular complexity index is 466. The Morgan fingerprint density at radius 2 is 1.32 bits per heavy atom. The number of halogens is 2. The number of hydrogen-bond acceptors (Lipinski definition) is 1. The Hall–Kier alpha value is -0.620. The molecule has 0 aromatic carbocycles. The second-order valence-electron chi connectivity index (χ2n) is 8.77. The van der Waals surface area contributed by atoms with Crippen molar-refractivity contribution in [3.05, 3.63) is 0 Å². The van der Waals surface area contributed by atoms with Gasteiger partial charge in [-0.15, -0.1) is 0 Å². The molecule has 0 heterocycles. The van der Waals surface area contributed by atoms with E-state index in [-0.39, 0.29) is 0 Å². The van der Waals surface area contributed by atoms with Crippen LogP contribution in [0.15, 0.2) is 0 Å². The molecule has 0 aromatic heterocycles. The number of alkyl halides is 2. The monoisotopic (exact) mass is 352 g/mol. The number of hydrogen-bond donors (Lipinski definition) is 0. The smallest absolute Gasteiger partial charge is 0.158 e. The summed E-state index contributed by atoms with van der Waals surface area (Å²) in [5, 5.41) is 0. The van der Waals surface area contributed by atoms with Crippen LogP contribution in [0.1, 0.15) is 71.1 Å². The molecule has 0 amide bonds. The highest BCUT2D eigenvalue weighted by Crippen LogP contribution is 2.41. The summed E-state index contributed by atoms with van der Waals surface area (Å²) >= 11 is 0. The quantitative estimate of drug-likeness (QED) is 0.577. The van der Waals surface area contributed by atoms with Gasteiger partial charge < -0.3 is 4.74 Å². The SMILES string of the molecule is COC1CCC(C#CC2CCC(C3CCC(C)CC3)CC2)C(F)C1F. The molecule has 4 atom stereocenters. The summed E-state index contributed by atoms with van der Waals surface area (Å²) < 4.78 is 33.2. The Morgan fingerprint density at radius 1 is 0.720 bits per heavy atom. The third-order valence-electron chi connectivity index (χ3n) is 7.08. The second-order valence-corrected chi connectivity index (χ2v) is 8.77. The van der Waals surface area contributed by atoms with E-state index in [1.165, 1.54) is 45.6 Å². The second kappa shape index (κ2) is 8.85. The van der Waals surface area contributed by atoms with Gasteiger partial charge in [0, 0.05) is 13.0 Å². The van der Waals surface area contributed by atoms with Crippen molar-refractivity contribution in [1.82, 2.24) is 0 Å². The summed E-state index contributed by atoms with van der Waals surface area (Å²) in [7, 11) is 1.46. The number of methoxy groups -OCH3 is 1. The largest absolute Gasteiger partial charge is 0.378 e. The van der Waals surface area contributed by atoms with E-state index in [0.717, 1.165) is 30.6 Å². The average molecular weight is 353 g/mol. The van der Waals surface area contributed by atoms with Crippen LogP contribution in [0, 0.1) is 41.4 Å². The first-order valence-corrected chi connectivity index (χ1v) is 10.4. The summed E-state index contributed by atoms with van der Waals surface area (Å²) in [6, 6.07) is 0. The van der Waals surface area contributed by atoms with Crippen LogP contribution in [0.25, 0.3) is 0 Å². The highest BCUT2D eigenvalue weighted by Gasteiger charge is 2.40. The standard InChI is InChI=1S/C22H34F2O/c1-15-3-8-17(9-4-15)18-10-5-16(6-11-18)7-12-19-13-14-20(25-2)22(24)21(19)23/h15-22H,3-6,8-11,13-14H2,1-2H3. The highest BCUT2D eigenvalue weighted by molar-refractivity contribution is 5.12. The summed E-state index contributed by atoms with van der Waals surface area (Å²) in [6.07, 6.45) is 8.04. The van der Waals surface area contributed by atoms with Crippen LogP contribution in [0.4, 0.5) is 8.78 Å². The van der Waals surface area contributed by atoms with Crippen LogP contribution in [0.2, 0.25) is 0 Å². The van der Waals surface area contributed by atoms with Gasteiger partial charge in [-0.1, -0.05) is 31.6 Å². The normalized spacial score (nSPS) is 45.4. The molecule has 3 saturated carbocycles. The Kier molecular flexibility index (Phi) is 6.78. The Balaban J connectivity index is 1.46. The lowest BCUT2D eigenvalue weighted by Crippen LogP contribution is -2.41. The fraction of sp³-hybridized carbons (Fsp3) is 0.909. The minimum absolute atomic E-state index is 0.393. The van der Waals surface area contributed by atoms with Crippen LogP contribution >= 0.6 is 0 Å². The van der Waals surface area contributed by atoms with Crippen molar-refractivity contribution in [2.24, 2.45) is 29.6 Å². The molecule has 0 aliphatic heterocycles. The lowest BCUT2D eigenvalue weighted by Gasteiger charge is -2.36. The molecule has 3 heteroatoms. The molecule has 0 radical (unpaired) electrons. The zero-order valence-corrected chi connectivity index (χ0v) is 15.9. The molecule has 0 aromatic rings. The maximum absolute atomic E-state index is 14.2. The number of rotatable bonds is 2. The molecule has 0 N–H and O–H groups in total. The summed E-state index contributed by atoms with van der Waals surface area (Å²) in [6.45, 7) is 2.38. The molecule has 4 unspecified atom stereocenters. The van der Waals surface area contributed by atoms with Gasteiger partial charge in [0.2, 0.25) is 0 Å². The third-order valence-corrected chi connectivity index (χ3v) is 7.08. The van der Waals surface area contributed by atoms with Crippen molar-refractivity contribution >= 4 is 0 Å². The van der Waals surface area contributed by atoms with E-state index in [0.29, 0.717) is 18.8 Å². The molecular formula is C22H34F2O. The van der Waals surface area contributed by atoms with Crippen molar-refractivity contribution in [3.63, 3.8) is 0 Å². The van der Waals surface area contributed by atoms with Crippen molar-refractivity contribution in [3.8, 4) is 11.8 Å². The molecule has 0 saturated heterocycles. The third kappa shape index (κ3) is 4.76. The molecule has 142 valence electrons. The van der Waals surface area contributed by atoms with Crippen molar-refractivity contribution in [2.75, 3.05) is 7.11 Å². The first-order valence-electron chi connectivity index (χ1n) is 10.4. The lowest BCUT2D eigenvalue weighted by atomic mass is 9.69. The van der Waals surface area contributed by atoms with Gasteiger partial charge in [0.25, 0.3) is 0 Å². The molecular weight excluding hydrogens is 318 g/mol. The summed E-state index contributed by atoms with van der Waals surface area (Å²) in [5.74, 6) is 9.08. The topological polar surface area (TPSA) is 9.23 Å². The van der Waals surface area contributed by atoms with Gasteiger partial charge in [-0.25, -0.2) is 8.78 Å².